The Morgan fingerprint density at radius 3 is 2.22 bits per heavy atom. The number of carbonyl (C=O) groups is 4. The van der Waals surface area contributed by atoms with Gasteiger partial charge in [0.2, 0.25) is 5.91 Å². The Bertz CT molecular complexity index is 755. The lowest BCUT2D eigenvalue weighted by Gasteiger charge is -2.24. The lowest BCUT2D eigenvalue weighted by atomic mass is 9.95. The van der Waals surface area contributed by atoms with Crippen molar-refractivity contribution in [3.63, 3.8) is 0 Å². The zero-order valence-electron chi connectivity index (χ0n) is 15.9. The van der Waals surface area contributed by atoms with Gasteiger partial charge in [-0.3, -0.25) is 19.3 Å². The van der Waals surface area contributed by atoms with Crippen LogP contribution in [0.3, 0.4) is 0 Å². The zero-order chi connectivity index (χ0) is 20.1. The number of aryl methyl sites for hydroxylation is 1. The van der Waals surface area contributed by atoms with E-state index in [-0.39, 0.29) is 18.5 Å². The third-order valence-corrected chi connectivity index (χ3v) is 4.48. The molecule has 7 heteroatoms. The molecule has 0 aliphatic carbocycles. The van der Waals surface area contributed by atoms with Crippen molar-refractivity contribution in [2.24, 2.45) is 5.92 Å². The Hall–Kier alpha value is -2.96. The Kier molecular flexibility index (Phi) is 6.50. The number of amides is 5. The first-order valence-electron chi connectivity index (χ1n) is 8.96. The van der Waals surface area contributed by atoms with Crippen molar-refractivity contribution in [2.45, 2.75) is 33.2 Å². The molecule has 1 aromatic rings. The standard InChI is InChI=1S/C20H25N3O4/c1-5-11-22-18(25)19(26)23(20(22)27)12-16(24)21-17(13(3)4)15-9-7-14(6-2)8-10-15/h5,7-10,13,17H,1,6,11-12H2,2-4H3,(H,21,24)/t17-/m0/s1. The number of hydrogen-bond acceptors (Lipinski definition) is 4. The predicted molar refractivity (Wildman–Crippen MR) is 101 cm³/mol. The van der Waals surface area contributed by atoms with Crippen molar-refractivity contribution in [1.82, 2.24) is 15.1 Å². The van der Waals surface area contributed by atoms with Crippen molar-refractivity contribution < 1.29 is 19.2 Å². The van der Waals surface area contributed by atoms with Gasteiger partial charge in [-0.15, -0.1) is 6.58 Å². The fourth-order valence-corrected chi connectivity index (χ4v) is 2.94. The summed E-state index contributed by atoms with van der Waals surface area (Å²) in [7, 11) is 0. The number of carbonyl (C=O) groups excluding carboxylic acids is 4. The molecule has 1 aliphatic rings. The number of imide groups is 2. The van der Waals surface area contributed by atoms with Crippen LogP contribution in [0.2, 0.25) is 0 Å². The molecule has 0 unspecified atom stereocenters. The summed E-state index contributed by atoms with van der Waals surface area (Å²) in [5.74, 6) is -2.33. The Morgan fingerprint density at radius 1 is 1.11 bits per heavy atom. The van der Waals surface area contributed by atoms with Gasteiger partial charge in [0.25, 0.3) is 0 Å². The van der Waals surface area contributed by atoms with Crippen molar-refractivity contribution in [1.29, 1.82) is 0 Å². The topological polar surface area (TPSA) is 86.8 Å². The first kappa shape index (κ1) is 20.4. The summed E-state index contributed by atoms with van der Waals surface area (Å²) in [4.78, 5) is 49.9. The number of benzene rings is 1. The molecule has 0 aromatic heterocycles. The van der Waals surface area contributed by atoms with Crippen molar-refractivity contribution in [3.8, 4) is 0 Å². The average molecular weight is 371 g/mol. The second-order valence-electron chi connectivity index (χ2n) is 6.76. The number of hydrogen-bond donors (Lipinski definition) is 1. The summed E-state index contributed by atoms with van der Waals surface area (Å²) in [6.07, 6.45) is 2.27. The summed E-state index contributed by atoms with van der Waals surface area (Å²) in [6, 6.07) is 6.88. The van der Waals surface area contributed by atoms with Crippen LogP contribution in [0.15, 0.2) is 36.9 Å². The van der Waals surface area contributed by atoms with Gasteiger partial charge >= 0.3 is 17.8 Å². The van der Waals surface area contributed by atoms with Gasteiger partial charge in [-0.05, 0) is 23.5 Å². The van der Waals surface area contributed by atoms with E-state index >= 15 is 0 Å². The fourth-order valence-electron chi connectivity index (χ4n) is 2.94. The molecular formula is C20H25N3O4. The summed E-state index contributed by atoms with van der Waals surface area (Å²) >= 11 is 0. The Balaban J connectivity index is 2.09. The zero-order valence-corrected chi connectivity index (χ0v) is 15.9. The minimum absolute atomic E-state index is 0.0695. The summed E-state index contributed by atoms with van der Waals surface area (Å²) in [5, 5.41) is 2.86. The van der Waals surface area contributed by atoms with Crippen LogP contribution in [-0.4, -0.2) is 46.6 Å². The van der Waals surface area contributed by atoms with E-state index in [1.807, 2.05) is 38.1 Å². The van der Waals surface area contributed by atoms with E-state index in [1.165, 1.54) is 11.6 Å². The molecule has 1 N–H and O–H groups in total. The maximum atomic E-state index is 12.5. The molecule has 0 spiro atoms. The van der Waals surface area contributed by atoms with Gasteiger partial charge in [0, 0.05) is 6.54 Å². The molecule has 1 atom stereocenters. The highest BCUT2D eigenvalue weighted by Gasteiger charge is 2.44. The highest BCUT2D eigenvalue weighted by Crippen LogP contribution is 2.22. The molecule has 1 saturated heterocycles. The van der Waals surface area contributed by atoms with E-state index in [2.05, 4.69) is 18.8 Å². The third-order valence-electron chi connectivity index (χ3n) is 4.48. The molecule has 5 amide bonds. The van der Waals surface area contributed by atoms with E-state index in [4.69, 9.17) is 0 Å². The molecule has 7 nitrogen and oxygen atoms in total. The van der Waals surface area contributed by atoms with Gasteiger partial charge in [-0.25, -0.2) is 9.69 Å². The first-order chi connectivity index (χ1) is 12.8. The van der Waals surface area contributed by atoms with E-state index < -0.39 is 30.3 Å². The number of nitrogens with one attached hydrogen (secondary N) is 1. The van der Waals surface area contributed by atoms with E-state index in [9.17, 15) is 19.2 Å². The quantitative estimate of drug-likeness (QED) is 0.430. The average Bonchev–Trinajstić information content (AvgIpc) is 2.84. The summed E-state index contributed by atoms with van der Waals surface area (Å²) in [5.41, 5.74) is 2.14. The SMILES string of the molecule is C=CCN1C(=O)C(=O)N(CC(=O)N[C@H](c2ccc(CC)cc2)C(C)C)C1=O. The maximum Gasteiger partial charge on any atom is 0.335 e. The molecule has 144 valence electrons. The van der Waals surface area contributed by atoms with E-state index in [0.717, 1.165) is 16.9 Å². The molecule has 0 radical (unpaired) electrons. The largest absolute Gasteiger partial charge is 0.347 e. The molecule has 0 saturated carbocycles. The van der Waals surface area contributed by atoms with Crippen LogP contribution in [0.5, 0.6) is 0 Å². The van der Waals surface area contributed by atoms with Crippen LogP contribution < -0.4 is 5.32 Å². The van der Waals surface area contributed by atoms with Gasteiger partial charge in [0.15, 0.2) is 0 Å². The molecular weight excluding hydrogens is 346 g/mol. The first-order valence-corrected chi connectivity index (χ1v) is 8.96. The molecule has 1 aromatic carbocycles. The van der Waals surface area contributed by atoms with Crippen LogP contribution in [0.1, 0.15) is 37.9 Å². The number of nitrogens with zero attached hydrogens (tertiary/aromatic N) is 2. The third kappa shape index (κ3) is 4.42. The van der Waals surface area contributed by atoms with Crippen LogP contribution in [-0.2, 0) is 20.8 Å². The summed E-state index contributed by atoms with van der Waals surface area (Å²) < 4.78 is 0. The normalized spacial score (nSPS) is 15.5. The lowest BCUT2D eigenvalue weighted by Crippen LogP contribution is -2.43. The second kappa shape index (κ2) is 8.62. The van der Waals surface area contributed by atoms with Crippen LogP contribution in [0, 0.1) is 5.92 Å². The van der Waals surface area contributed by atoms with Gasteiger partial charge < -0.3 is 5.32 Å². The monoisotopic (exact) mass is 371 g/mol. The smallest absolute Gasteiger partial charge is 0.335 e. The lowest BCUT2D eigenvalue weighted by molar-refractivity contribution is -0.143. The molecule has 0 bridgehead atoms. The van der Waals surface area contributed by atoms with Crippen molar-refractivity contribution >= 4 is 23.8 Å². The molecule has 1 heterocycles. The van der Waals surface area contributed by atoms with E-state index in [1.54, 1.807) is 0 Å². The van der Waals surface area contributed by atoms with Gasteiger partial charge in [-0.2, -0.15) is 0 Å². The second-order valence-corrected chi connectivity index (χ2v) is 6.76. The minimum Gasteiger partial charge on any atom is -0.347 e. The Labute approximate surface area is 159 Å². The molecule has 27 heavy (non-hydrogen) atoms. The van der Waals surface area contributed by atoms with Crippen molar-refractivity contribution in [2.75, 3.05) is 13.1 Å². The highest BCUT2D eigenvalue weighted by atomic mass is 16.2. The fraction of sp³-hybridized carbons (Fsp3) is 0.400. The Morgan fingerprint density at radius 2 is 1.70 bits per heavy atom. The van der Waals surface area contributed by atoms with Crippen LogP contribution in [0.25, 0.3) is 0 Å². The van der Waals surface area contributed by atoms with Crippen LogP contribution >= 0.6 is 0 Å². The van der Waals surface area contributed by atoms with E-state index in [0.29, 0.717) is 4.90 Å². The van der Waals surface area contributed by atoms with Gasteiger partial charge in [-0.1, -0.05) is 51.1 Å². The summed E-state index contributed by atoms with van der Waals surface area (Å²) in [6.45, 7) is 8.90. The number of rotatable bonds is 8. The van der Waals surface area contributed by atoms with Crippen LogP contribution in [0.4, 0.5) is 4.79 Å². The highest BCUT2D eigenvalue weighted by molar-refractivity contribution is 6.45. The molecule has 2 rings (SSSR count). The van der Waals surface area contributed by atoms with Crippen molar-refractivity contribution in [3.05, 3.63) is 48.0 Å². The molecule has 1 aliphatic heterocycles. The number of urea groups is 1. The van der Waals surface area contributed by atoms with Gasteiger partial charge in [0.05, 0.1) is 6.04 Å². The maximum absolute atomic E-state index is 12.5. The van der Waals surface area contributed by atoms with Gasteiger partial charge in [0.1, 0.15) is 6.54 Å². The minimum atomic E-state index is -0.995. The predicted octanol–water partition coefficient (Wildman–Crippen LogP) is 2.04. The molecule has 1 fully saturated rings.